The molecule has 0 aliphatic heterocycles. The third-order valence-electron chi connectivity index (χ3n) is 5.57. The Balaban J connectivity index is 3.31. The molecule has 0 fully saturated rings. The predicted molar refractivity (Wildman–Crippen MR) is 117 cm³/mol. The lowest BCUT2D eigenvalue weighted by Crippen LogP contribution is -2.29. The maximum absolute atomic E-state index is 12.6. The van der Waals surface area contributed by atoms with E-state index in [-0.39, 0.29) is 17.6 Å². The molecule has 170 valence electrons. The molecule has 1 aromatic rings. The molecule has 0 radical (unpaired) electrons. The van der Waals surface area contributed by atoms with Crippen molar-refractivity contribution in [1.82, 2.24) is 0 Å². The zero-order valence-electron chi connectivity index (χ0n) is 20.2. The summed E-state index contributed by atoms with van der Waals surface area (Å²) in [6.07, 6.45) is -0.000812. The van der Waals surface area contributed by atoms with E-state index in [2.05, 4.69) is 20.8 Å². The van der Waals surface area contributed by atoms with E-state index in [1.807, 2.05) is 32.9 Å². The van der Waals surface area contributed by atoms with Crippen molar-refractivity contribution < 1.29 is 28.5 Å². The Morgan fingerprint density at radius 3 is 1.77 bits per heavy atom. The molecule has 30 heavy (non-hydrogen) atoms. The van der Waals surface area contributed by atoms with Gasteiger partial charge in [0, 0.05) is 25.3 Å². The van der Waals surface area contributed by atoms with E-state index >= 15 is 0 Å². The number of rotatable bonds is 9. The second-order valence-electron chi connectivity index (χ2n) is 9.28. The van der Waals surface area contributed by atoms with Crippen molar-refractivity contribution in [3.8, 4) is 5.75 Å². The van der Waals surface area contributed by atoms with Crippen LogP contribution in [-0.4, -0.2) is 32.8 Å². The van der Waals surface area contributed by atoms with Crippen molar-refractivity contribution in [3.63, 3.8) is 0 Å². The van der Waals surface area contributed by atoms with Gasteiger partial charge in [-0.3, -0.25) is 4.79 Å². The third kappa shape index (κ3) is 6.54. The van der Waals surface area contributed by atoms with E-state index in [0.29, 0.717) is 12.2 Å². The van der Waals surface area contributed by atoms with Crippen LogP contribution in [0.25, 0.3) is 0 Å². The molecule has 6 nitrogen and oxygen atoms in total. The molecule has 0 spiro atoms. The molecule has 0 saturated heterocycles. The van der Waals surface area contributed by atoms with Crippen LogP contribution < -0.4 is 4.74 Å². The second-order valence-corrected chi connectivity index (χ2v) is 9.28. The molecule has 0 aliphatic carbocycles. The monoisotopic (exact) mass is 422 g/mol. The van der Waals surface area contributed by atoms with Crippen LogP contribution in [-0.2, 0) is 29.2 Å². The van der Waals surface area contributed by atoms with Crippen molar-refractivity contribution in [2.24, 2.45) is 5.41 Å². The van der Waals surface area contributed by atoms with E-state index in [0.717, 1.165) is 16.7 Å². The van der Waals surface area contributed by atoms with Crippen LogP contribution in [0.15, 0.2) is 12.1 Å². The summed E-state index contributed by atoms with van der Waals surface area (Å²) < 4.78 is 22.0. The highest BCUT2D eigenvalue weighted by Gasteiger charge is 2.29. The molecule has 1 aromatic carbocycles. The lowest BCUT2D eigenvalue weighted by Gasteiger charge is -2.27. The molecular weight excluding hydrogens is 384 g/mol. The number of carbonyl (C=O) groups is 2. The van der Waals surface area contributed by atoms with Crippen LogP contribution in [0.2, 0.25) is 0 Å². The first-order chi connectivity index (χ1) is 13.8. The SMILES string of the molecule is CCC(C)(C)C(=O)OCC(=O)Oc1c(C(C)OC)cc(C(C)(C)C)cc1C(C)OC. The molecule has 2 atom stereocenters. The van der Waals surface area contributed by atoms with Gasteiger partial charge in [-0.1, -0.05) is 27.7 Å². The summed E-state index contributed by atoms with van der Waals surface area (Å²) in [5.74, 6) is -0.684. The number of carbonyl (C=O) groups excluding carboxylic acids is 2. The summed E-state index contributed by atoms with van der Waals surface area (Å²) in [4.78, 5) is 24.7. The van der Waals surface area contributed by atoms with Crippen molar-refractivity contribution in [2.45, 2.75) is 79.4 Å². The van der Waals surface area contributed by atoms with Crippen LogP contribution in [0, 0.1) is 5.41 Å². The Morgan fingerprint density at radius 1 is 0.933 bits per heavy atom. The Labute approximate surface area is 181 Å². The largest absolute Gasteiger partial charge is 0.453 e. The Morgan fingerprint density at radius 2 is 1.40 bits per heavy atom. The highest BCUT2D eigenvalue weighted by atomic mass is 16.6. The van der Waals surface area contributed by atoms with Crippen LogP contribution in [0.5, 0.6) is 5.75 Å². The van der Waals surface area contributed by atoms with Crippen LogP contribution >= 0.6 is 0 Å². The first-order valence-electron chi connectivity index (χ1n) is 10.4. The summed E-state index contributed by atoms with van der Waals surface area (Å²) in [5.41, 5.74) is 1.81. The average Bonchev–Trinajstić information content (AvgIpc) is 2.69. The number of esters is 2. The fourth-order valence-corrected chi connectivity index (χ4v) is 2.69. The summed E-state index contributed by atoms with van der Waals surface area (Å²) in [6.45, 7) is 15.1. The van der Waals surface area contributed by atoms with E-state index < -0.39 is 24.0 Å². The molecule has 6 heteroatoms. The van der Waals surface area contributed by atoms with E-state index in [9.17, 15) is 9.59 Å². The van der Waals surface area contributed by atoms with Crippen LogP contribution in [0.1, 0.15) is 90.7 Å². The molecule has 0 saturated carbocycles. The van der Waals surface area contributed by atoms with Gasteiger partial charge >= 0.3 is 11.9 Å². The van der Waals surface area contributed by atoms with Crippen molar-refractivity contribution >= 4 is 11.9 Å². The fourth-order valence-electron chi connectivity index (χ4n) is 2.69. The zero-order chi connectivity index (χ0) is 23.3. The van der Waals surface area contributed by atoms with Gasteiger partial charge in [0.05, 0.1) is 17.6 Å². The molecule has 0 N–H and O–H groups in total. The standard InChI is InChI=1S/C24H38O6/c1-11-24(7,8)22(26)29-14-20(25)30-21-18(15(2)27-9)12-17(23(4,5)6)13-19(21)16(3)28-10/h12-13,15-16H,11,14H2,1-10H3. The summed E-state index contributed by atoms with van der Waals surface area (Å²) >= 11 is 0. The Bertz CT molecular complexity index is 714. The first-order valence-corrected chi connectivity index (χ1v) is 10.4. The first kappa shape index (κ1) is 26.1. The van der Waals surface area contributed by atoms with Gasteiger partial charge < -0.3 is 18.9 Å². The number of methoxy groups -OCH3 is 2. The average molecular weight is 423 g/mol. The van der Waals surface area contributed by atoms with E-state index in [1.54, 1.807) is 28.1 Å². The summed E-state index contributed by atoms with van der Waals surface area (Å²) in [5, 5.41) is 0. The van der Waals surface area contributed by atoms with Crippen molar-refractivity contribution in [2.75, 3.05) is 20.8 Å². The minimum atomic E-state index is -0.653. The smallest absolute Gasteiger partial charge is 0.349 e. The highest BCUT2D eigenvalue weighted by molar-refractivity contribution is 5.81. The van der Waals surface area contributed by atoms with Gasteiger partial charge in [-0.25, -0.2) is 4.79 Å². The maximum Gasteiger partial charge on any atom is 0.349 e. The molecule has 0 amide bonds. The van der Waals surface area contributed by atoms with Crippen molar-refractivity contribution in [3.05, 3.63) is 28.8 Å². The van der Waals surface area contributed by atoms with Gasteiger partial charge in [-0.15, -0.1) is 0 Å². The van der Waals surface area contributed by atoms with Gasteiger partial charge in [0.25, 0.3) is 0 Å². The number of benzene rings is 1. The molecule has 0 bridgehead atoms. The topological polar surface area (TPSA) is 71.1 Å². The van der Waals surface area contributed by atoms with Crippen LogP contribution in [0.4, 0.5) is 0 Å². The van der Waals surface area contributed by atoms with E-state index in [1.165, 1.54) is 0 Å². The summed E-state index contributed by atoms with van der Waals surface area (Å²) in [6, 6.07) is 3.99. The number of ether oxygens (including phenoxy) is 4. The fraction of sp³-hybridized carbons (Fsp3) is 0.667. The summed E-state index contributed by atoms with van der Waals surface area (Å²) in [7, 11) is 3.21. The second kappa shape index (κ2) is 10.4. The molecular formula is C24H38O6. The predicted octanol–water partition coefficient (Wildman–Crippen LogP) is 5.28. The number of hydrogen-bond donors (Lipinski definition) is 0. The normalized spacial score (nSPS) is 14.2. The lowest BCUT2D eigenvalue weighted by molar-refractivity contribution is -0.161. The van der Waals surface area contributed by atoms with E-state index in [4.69, 9.17) is 18.9 Å². The van der Waals surface area contributed by atoms with Crippen molar-refractivity contribution in [1.29, 1.82) is 0 Å². The number of hydrogen-bond acceptors (Lipinski definition) is 6. The van der Waals surface area contributed by atoms with Gasteiger partial charge in [-0.2, -0.15) is 0 Å². The van der Waals surface area contributed by atoms with Crippen LogP contribution in [0.3, 0.4) is 0 Å². The van der Waals surface area contributed by atoms with Gasteiger partial charge in [0.1, 0.15) is 5.75 Å². The Kier molecular flexibility index (Phi) is 9.06. The third-order valence-corrected chi connectivity index (χ3v) is 5.57. The zero-order valence-corrected chi connectivity index (χ0v) is 20.2. The van der Waals surface area contributed by atoms with Gasteiger partial charge in [-0.05, 0) is 57.2 Å². The molecule has 0 heterocycles. The molecule has 0 aliphatic rings. The van der Waals surface area contributed by atoms with Gasteiger partial charge in [0.2, 0.25) is 0 Å². The minimum Gasteiger partial charge on any atom is -0.453 e. The highest BCUT2D eigenvalue weighted by Crippen LogP contribution is 2.39. The molecule has 0 aromatic heterocycles. The Hall–Kier alpha value is -1.92. The molecule has 2 unspecified atom stereocenters. The lowest BCUT2D eigenvalue weighted by atomic mass is 9.83. The van der Waals surface area contributed by atoms with Gasteiger partial charge in [0.15, 0.2) is 6.61 Å². The quantitative estimate of drug-likeness (QED) is 0.398. The minimum absolute atomic E-state index is 0.117. The maximum atomic E-state index is 12.6. The molecule has 1 rings (SSSR count).